The number of rotatable bonds is 8. The summed E-state index contributed by atoms with van der Waals surface area (Å²) in [5.74, 6) is -1.21. The molecule has 0 amide bonds. The predicted octanol–water partition coefficient (Wildman–Crippen LogP) is 4.21. The van der Waals surface area contributed by atoms with Gasteiger partial charge in [0.05, 0.1) is 13.2 Å². The van der Waals surface area contributed by atoms with Crippen LogP contribution in [-0.4, -0.2) is 60.3 Å². The zero-order valence-electron chi connectivity index (χ0n) is 17.4. The summed E-state index contributed by atoms with van der Waals surface area (Å²) in [6.45, 7) is -1.13. The van der Waals surface area contributed by atoms with Crippen molar-refractivity contribution in [2.45, 2.75) is 17.2 Å². The molecular weight excluding hydrogens is 494 g/mol. The second-order valence-electron chi connectivity index (χ2n) is 7.17. The van der Waals surface area contributed by atoms with E-state index in [1.54, 1.807) is 12.1 Å². The van der Waals surface area contributed by atoms with Crippen molar-refractivity contribution in [1.82, 2.24) is 0 Å². The highest BCUT2D eigenvalue weighted by Gasteiger charge is 2.31. The third-order valence-corrected chi connectivity index (χ3v) is 5.90. The fraction of sp³-hybridized carbons (Fsp3) is 0.400. The van der Waals surface area contributed by atoms with Gasteiger partial charge in [-0.1, -0.05) is 0 Å². The van der Waals surface area contributed by atoms with Crippen molar-refractivity contribution in [2.75, 3.05) is 49.1 Å². The van der Waals surface area contributed by atoms with Gasteiger partial charge in [0, 0.05) is 30.5 Å². The van der Waals surface area contributed by atoms with Crippen LogP contribution in [0.25, 0.3) is 0 Å². The first-order valence-electron chi connectivity index (χ1n) is 9.81. The van der Waals surface area contributed by atoms with Crippen LogP contribution in [0.15, 0.2) is 47.4 Å². The lowest BCUT2D eigenvalue weighted by Gasteiger charge is -2.28. The van der Waals surface area contributed by atoms with E-state index in [0.717, 1.165) is 17.8 Å². The van der Waals surface area contributed by atoms with Crippen LogP contribution in [0.5, 0.6) is 11.5 Å². The Bertz CT molecular complexity index is 1070. The minimum Gasteiger partial charge on any atom is -0.484 e. The van der Waals surface area contributed by atoms with Gasteiger partial charge in [-0.05, 0) is 36.4 Å². The molecule has 0 unspecified atom stereocenters. The predicted molar refractivity (Wildman–Crippen MR) is 110 cm³/mol. The highest BCUT2D eigenvalue weighted by atomic mass is 32.2. The number of sulfonamides is 1. The largest absolute Gasteiger partial charge is 0.484 e. The Morgan fingerprint density at radius 3 is 2.06 bits per heavy atom. The molecule has 1 fully saturated rings. The minimum atomic E-state index is -4.77. The smallest absolute Gasteiger partial charge is 0.422 e. The number of anilines is 2. The van der Waals surface area contributed by atoms with E-state index < -0.39 is 52.0 Å². The van der Waals surface area contributed by atoms with Gasteiger partial charge in [-0.2, -0.15) is 26.3 Å². The lowest BCUT2D eigenvalue weighted by Crippen LogP contribution is -2.36. The molecule has 0 aliphatic carbocycles. The molecule has 0 aromatic heterocycles. The van der Waals surface area contributed by atoms with E-state index >= 15 is 0 Å². The molecule has 2 aromatic rings. The first-order chi connectivity index (χ1) is 15.8. The van der Waals surface area contributed by atoms with Crippen LogP contribution < -0.4 is 19.1 Å². The number of nitrogens with zero attached hydrogens (tertiary/aromatic N) is 1. The summed E-state index contributed by atoms with van der Waals surface area (Å²) in [4.78, 5) is 1.21. The van der Waals surface area contributed by atoms with Gasteiger partial charge in [0.1, 0.15) is 16.4 Å². The van der Waals surface area contributed by atoms with Gasteiger partial charge in [-0.25, -0.2) is 8.42 Å². The van der Waals surface area contributed by atoms with E-state index in [9.17, 15) is 34.8 Å². The zero-order chi connectivity index (χ0) is 25.0. The van der Waals surface area contributed by atoms with Crippen molar-refractivity contribution in [3.05, 3.63) is 42.5 Å². The monoisotopic (exact) mass is 514 g/mol. The maximum atomic E-state index is 12.9. The topological polar surface area (TPSA) is 77.1 Å². The van der Waals surface area contributed by atoms with E-state index in [1.807, 2.05) is 4.90 Å². The molecule has 1 saturated heterocycles. The number of ether oxygens (including phenoxy) is 3. The SMILES string of the molecule is O=S(=O)(Nc1ccc(N2CCOCC2)cc1)c1cc(OCC(F)(F)F)ccc1OCC(F)(F)F. The van der Waals surface area contributed by atoms with Crippen LogP contribution in [0.2, 0.25) is 0 Å². The molecular formula is C20H20F6N2O5S. The maximum Gasteiger partial charge on any atom is 0.422 e. The number of hydrogen-bond donors (Lipinski definition) is 1. The maximum absolute atomic E-state index is 12.9. The molecule has 188 valence electrons. The van der Waals surface area contributed by atoms with E-state index in [0.29, 0.717) is 32.4 Å². The van der Waals surface area contributed by atoms with Crippen LogP contribution >= 0.6 is 0 Å². The minimum absolute atomic E-state index is 0.0837. The molecule has 2 aromatic carbocycles. The summed E-state index contributed by atoms with van der Waals surface area (Å²) in [6.07, 6.45) is -9.47. The molecule has 3 rings (SSSR count). The molecule has 1 N–H and O–H groups in total. The molecule has 0 atom stereocenters. The molecule has 1 aliphatic rings. The summed E-state index contributed by atoms with van der Waals surface area (Å²) in [5, 5.41) is 0. The Balaban J connectivity index is 1.84. The Labute approximate surface area is 191 Å². The first-order valence-corrected chi connectivity index (χ1v) is 11.3. The summed E-state index contributed by atoms with van der Waals surface area (Å²) in [6, 6.07) is 8.54. The number of hydrogen-bond acceptors (Lipinski definition) is 6. The fourth-order valence-corrected chi connectivity index (χ4v) is 4.22. The van der Waals surface area contributed by atoms with Gasteiger partial charge in [-0.3, -0.25) is 4.72 Å². The molecule has 0 spiro atoms. The van der Waals surface area contributed by atoms with Crippen LogP contribution in [0.1, 0.15) is 0 Å². The normalized spacial score (nSPS) is 15.2. The molecule has 34 heavy (non-hydrogen) atoms. The van der Waals surface area contributed by atoms with Gasteiger partial charge >= 0.3 is 12.4 Å². The van der Waals surface area contributed by atoms with Crippen molar-refractivity contribution < 1.29 is 49.0 Å². The number of halogens is 6. The molecule has 1 heterocycles. The van der Waals surface area contributed by atoms with Crippen LogP contribution in [0, 0.1) is 0 Å². The Hall–Kier alpha value is -2.87. The Morgan fingerprint density at radius 2 is 1.47 bits per heavy atom. The number of morpholine rings is 1. The lowest BCUT2D eigenvalue weighted by atomic mass is 10.2. The quantitative estimate of drug-likeness (QED) is 0.532. The third kappa shape index (κ3) is 7.58. The third-order valence-electron chi connectivity index (χ3n) is 4.49. The van der Waals surface area contributed by atoms with Crippen molar-refractivity contribution in [3.63, 3.8) is 0 Å². The fourth-order valence-electron chi connectivity index (χ4n) is 3.00. The first kappa shape index (κ1) is 25.7. The van der Waals surface area contributed by atoms with Crippen molar-refractivity contribution >= 4 is 21.4 Å². The van der Waals surface area contributed by atoms with Crippen LogP contribution in [-0.2, 0) is 14.8 Å². The summed E-state index contributed by atoms with van der Waals surface area (Å²) < 4.78 is 117. The standard InChI is InChI=1S/C20H20F6N2O5S/c21-19(22,23)12-32-16-5-6-17(33-13-20(24,25)26)18(11-16)34(29,30)27-14-1-3-15(4-2-14)28-7-9-31-10-8-28/h1-6,11,27H,7-10,12-13H2. The Kier molecular flexibility index (Phi) is 7.70. The Morgan fingerprint density at radius 1 is 0.882 bits per heavy atom. The van der Waals surface area contributed by atoms with Crippen molar-refractivity contribution in [1.29, 1.82) is 0 Å². The second-order valence-corrected chi connectivity index (χ2v) is 8.82. The molecule has 7 nitrogen and oxygen atoms in total. The highest BCUT2D eigenvalue weighted by Crippen LogP contribution is 2.32. The van der Waals surface area contributed by atoms with E-state index in [4.69, 9.17) is 4.74 Å². The van der Waals surface area contributed by atoms with Gasteiger partial charge in [-0.15, -0.1) is 0 Å². The van der Waals surface area contributed by atoms with Crippen LogP contribution in [0.4, 0.5) is 37.7 Å². The van der Waals surface area contributed by atoms with Gasteiger partial charge in [0.2, 0.25) is 0 Å². The molecule has 14 heteroatoms. The van der Waals surface area contributed by atoms with E-state index in [1.165, 1.54) is 12.1 Å². The number of benzene rings is 2. The summed E-state index contributed by atoms with van der Waals surface area (Å²) >= 11 is 0. The summed E-state index contributed by atoms with van der Waals surface area (Å²) in [5.41, 5.74) is 0.892. The van der Waals surface area contributed by atoms with E-state index in [-0.39, 0.29) is 5.69 Å². The van der Waals surface area contributed by atoms with Gasteiger partial charge < -0.3 is 19.1 Å². The van der Waals surface area contributed by atoms with Crippen molar-refractivity contribution in [3.8, 4) is 11.5 Å². The van der Waals surface area contributed by atoms with Gasteiger partial charge in [0.25, 0.3) is 10.0 Å². The lowest BCUT2D eigenvalue weighted by molar-refractivity contribution is -0.154. The second kappa shape index (κ2) is 10.2. The molecule has 1 aliphatic heterocycles. The van der Waals surface area contributed by atoms with Gasteiger partial charge in [0.15, 0.2) is 13.2 Å². The number of nitrogens with one attached hydrogen (secondary N) is 1. The molecule has 0 bridgehead atoms. The van der Waals surface area contributed by atoms with Crippen LogP contribution in [0.3, 0.4) is 0 Å². The molecule has 0 radical (unpaired) electrons. The average molecular weight is 514 g/mol. The number of alkyl halides is 6. The summed E-state index contributed by atoms with van der Waals surface area (Å²) in [7, 11) is -4.56. The van der Waals surface area contributed by atoms with E-state index in [2.05, 4.69) is 14.2 Å². The average Bonchev–Trinajstić information content (AvgIpc) is 2.76. The molecule has 0 saturated carbocycles. The highest BCUT2D eigenvalue weighted by molar-refractivity contribution is 7.92. The zero-order valence-corrected chi connectivity index (χ0v) is 18.3. The van der Waals surface area contributed by atoms with Crippen molar-refractivity contribution in [2.24, 2.45) is 0 Å².